The molecule has 0 aromatic carbocycles. The highest BCUT2D eigenvalue weighted by atomic mass is 16.2. The molecule has 0 spiro atoms. The third-order valence-corrected chi connectivity index (χ3v) is 2.22. The smallest absolute Gasteiger partial charge is 0.261 e. The van der Waals surface area contributed by atoms with Crippen molar-refractivity contribution in [3.8, 4) is 0 Å². The van der Waals surface area contributed by atoms with Crippen LogP contribution in [0.5, 0.6) is 0 Å². The highest BCUT2D eigenvalue weighted by Crippen LogP contribution is 1.99. The maximum atomic E-state index is 11.5. The van der Waals surface area contributed by atoms with Crippen LogP contribution in [-0.2, 0) is 18.4 Å². The summed E-state index contributed by atoms with van der Waals surface area (Å²) in [6.45, 7) is 1.96. The molecule has 18 heavy (non-hydrogen) atoms. The number of hydrazone groups is 1. The fourth-order valence-corrected chi connectivity index (χ4v) is 1.42. The Morgan fingerprint density at radius 3 is 3.06 bits per heavy atom. The molecule has 0 aliphatic carbocycles. The minimum Gasteiger partial charge on any atom is -0.275 e. The summed E-state index contributed by atoms with van der Waals surface area (Å²) in [5.74, 6) is -0.265. The molecule has 0 radical (unpaired) electrons. The van der Waals surface area contributed by atoms with Crippen LogP contribution in [0.1, 0.15) is 11.3 Å². The molecule has 94 valence electrons. The van der Waals surface area contributed by atoms with Crippen molar-refractivity contribution in [1.82, 2.24) is 30.0 Å². The van der Waals surface area contributed by atoms with Gasteiger partial charge in [-0.2, -0.15) is 15.3 Å². The molecule has 2 aromatic rings. The number of rotatable bonds is 4. The van der Waals surface area contributed by atoms with Gasteiger partial charge >= 0.3 is 0 Å². The lowest BCUT2D eigenvalue weighted by molar-refractivity contribution is -0.121. The van der Waals surface area contributed by atoms with Crippen molar-refractivity contribution in [2.45, 2.75) is 13.5 Å². The normalized spacial score (nSPS) is 11.0. The molecule has 0 aliphatic rings. The summed E-state index contributed by atoms with van der Waals surface area (Å²) < 4.78 is 3.11. The molecule has 2 rings (SSSR count). The third-order valence-electron chi connectivity index (χ3n) is 2.22. The monoisotopic (exact) mass is 247 g/mol. The minimum absolute atomic E-state index is 0.0867. The highest BCUT2D eigenvalue weighted by Gasteiger charge is 2.02. The van der Waals surface area contributed by atoms with Crippen LogP contribution in [0.15, 0.2) is 24.0 Å². The molecule has 0 aliphatic heterocycles. The summed E-state index contributed by atoms with van der Waals surface area (Å²) in [6, 6.07) is 0. The van der Waals surface area contributed by atoms with Gasteiger partial charge in [0.2, 0.25) is 0 Å². The summed E-state index contributed by atoms with van der Waals surface area (Å²) in [5, 5.41) is 11.8. The molecule has 0 atom stereocenters. The number of hydrogen-bond donors (Lipinski definition) is 1. The van der Waals surface area contributed by atoms with Crippen LogP contribution in [0.3, 0.4) is 0 Å². The van der Waals surface area contributed by atoms with Crippen molar-refractivity contribution in [2.75, 3.05) is 0 Å². The Balaban J connectivity index is 1.87. The zero-order valence-corrected chi connectivity index (χ0v) is 10.1. The molecule has 2 aromatic heterocycles. The second-order valence-corrected chi connectivity index (χ2v) is 3.73. The molecule has 0 bridgehead atoms. The largest absolute Gasteiger partial charge is 0.275 e. The van der Waals surface area contributed by atoms with E-state index in [-0.39, 0.29) is 12.5 Å². The van der Waals surface area contributed by atoms with Gasteiger partial charge in [-0.3, -0.25) is 9.48 Å². The molecule has 8 heteroatoms. The summed E-state index contributed by atoms with van der Waals surface area (Å²) in [7, 11) is 1.83. The summed E-state index contributed by atoms with van der Waals surface area (Å²) >= 11 is 0. The van der Waals surface area contributed by atoms with Gasteiger partial charge in [-0.15, -0.1) is 0 Å². The van der Waals surface area contributed by atoms with Crippen LogP contribution in [0, 0.1) is 6.92 Å². The van der Waals surface area contributed by atoms with E-state index in [1.165, 1.54) is 17.3 Å². The molecule has 1 N–H and O–H groups in total. The number of hydrogen-bond acceptors (Lipinski definition) is 5. The van der Waals surface area contributed by atoms with Gasteiger partial charge in [0, 0.05) is 18.8 Å². The van der Waals surface area contributed by atoms with Crippen LogP contribution in [-0.4, -0.2) is 36.7 Å². The van der Waals surface area contributed by atoms with Gasteiger partial charge in [0.15, 0.2) is 0 Å². The Morgan fingerprint density at radius 2 is 2.44 bits per heavy atom. The summed E-state index contributed by atoms with van der Waals surface area (Å²) in [4.78, 5) is 15.2. The fourth-order valence-electron chi connectivity index (χ4n) is 1.42. The predicted octanol–water partition coefficient (Wildman–Crippen LogP) is -0.530. The number of aromatic nitrogens is 5. The lowest BCUT2D eigenvalue weighted by atomic mass is 10.3. The van der Waals surface area contributed by atoms with Crippen LogP contribution in [0.2, 0.25) is 0 Å². The Morgan fingerprint density at radius 1 is 1.61 bits per heavy atom. The first-order valence-corrected chi connectivity index (χ1v) is 5.29. The molecule has 8 nitrogen and oxygen atoms in total. The molecular weight excluding hydrogens is 234 g/mol. The van der Waals surface area contributed by atoms with Crippen LogP contribution >= 0.6 is 0 Å². The first-order valence-electron chi connectivity index (χ1n) is 5.29. The van der Waals surface area contributed by atoms with Gasteiger partial charge in [-0.25, -0.2) is 15.1 Å². The summed E-state index contributed by atoms with van der Waals surface area (Å²) in [5.41, 5.74) is 4.12. The second kappa shape index (κ2) is 5.21. The van der Waals surface area contributed by atoms with Crippen LogP contribution in [0.25, 0.3) is 0 Å². The van der Waals surface area contributed by atoms with Crippen molar-refractivity contribution in [3.63, 3.8) is 0 Å². The lowest BCUT2D eigenvalue weighted by Gasteiger charge is -1.98. The SMILES string of the molecule is Cc1nn(C)cc1/C=N/NC(=O)Cn1cncn1. The van der Waals surface area contributed by atoms with Crippen molar-refractivity contribution >= 4 is 12.1 Å². The first-order chi connectivity index (χ1) is 8.65. The number of carbonyl (C=O) groups excluding carboxylic acids is 1. The number of amides is 1. The van der Waals surface area contributed by atoms with E-state index in [2.05, 4.69) is 25.7 Å². The topological polar surface area (TPSA) is 90.0 Å². The number of carbonyl (C=O) groups is 1. The highest BCUT2D eigenvalue weighted by molar-refractivity contribution is 5.82. The number of aryl methyl sites for hydroxylation is 2. The van der Waals surface area contributed by atoms with E-state index in [0.717, 1.165) is 11.3 Å². The van der Waals surface area contributed by atoms with E-state index in [0.29, 0.717) is 0 Å². The minimum atomic E-state index is -0.265. The number of nitrogens with zero attached hydrogens (tertiary/aromatic N) is 6. The maximum absolute atomic E-state index is 11.5. The van der Waals surface area contributed by atoms with Crippen molar-refractivity contribution < 1.29 is 4.79 Å². The average molecular weight is 247 g/mol. The van der Waals surface area contributed by atoms with Gasteiger partial charge in [-0.1, -0.05) is 0 Å². The Bertz CT molecular complexity index is 555. The zero-order chi connectivity index (χ0) is 13.0. The molecule has 0 saturated heterocycles. The Hall–Kier alpha value is -2.51. The van der Waals surface area contributed by atoms with Gasteiger partial charge in [0.25, 0.3) is 5.91 Å². The van der Waals surface area contributed by atoms with Gasteiger partial charge in [0.05, 0.1) is 11.9 Å². The van der Waals surface area contributed by atoms with Crippen LogP contribution in [0.4, 0.5) is 0 Å². The third kappa shape index (κ3) is 3.00. The van der Waals surface area contributed by atoms with Gasteiger partial charge in [-0.05, 0) is 6.92 Å². The molecule has 0 fully saturated rings. The predicted molar refractivity (Wildman–Crippen MR) is 63.7 cm³/mol. The molecule has 1 amide bonds. The molecule has 0 saturated carbocycles. The second-order valence-electron chi connectivity index (χ2n) is 3.73. The number of nitrogens with one attached hydrogen (secondary N) is 1. The van der Waals surface area contributed by atoms with Crippen molar-refractivity contribution in [2.24, 2.45) is 12.1 Å². The molecular formula is C10H13N7O. The van der Waals surface area contributed by atoms with Crippen molar-refractivity contribution in [3.05, 3.63) is 30.1 Å². The molecule has 0 unspecified atom stereocenters. The zero-order valence-electron chi connectivity index (χ0n) is 10.1. The standard InChI is InChI=1S/C10H13N7O/c1-8-9(4-16(2)15-8)3-12-14-10(18)5-17-7-11-6-13-17/h3-4,6-7H,5H2,1-2H3,(H,14,18)/b12-3+. The van der Waals surface area contributed by atoms with Gasteiger partial charge in [0.1, 0.15) is 19.2 Å². The van der Waals surface area contributed by atoms with Crippen molar-refractivity contribution in [1.29, 1.82) is 0 Å². The average Bonchev–Trinajstić information content (AvgIpc) is 2.89. The lowest BCUT2D eigenvalue weighted by Crippen LogP contribution is -2.23. The Kier molecular flexibility index (Phi) is 3.46. The fraction of sp³-hybridized carbons (Fsp3) is 0.300. The van der Waals surface area contributed by atoms with E-state index in [1.807, 2.05) is 20.2 Å². The van der Waals surface area contributed by atoms with Gasteiger partial charge < -0.3 is 0 Å². The van der Waals surface area contributed by atoms with E-state index in [9.17, 15) is 4.79 Å². The Labute approximate surface area is 103 Å². The van der Waals surface area contributed by atoms with E-state index < -0.39 is 0 Å². The quantitative estimate of drug-likeness (QED) is 0.581. The van der Waals surface area contributed by atoms with E-state index >= 15 is 0 Å². The summed E-state index contributed by atoms with van der Waals surface area (Å²) in [6.07, 6.45) is 6.22. The van der Waals surface area contributed by atoms with E-state index in [4.69, 9.17) is 0 Å². The molecule has 2 heterocycles. The maximum Gasteiger partial charge on any atom is 0.261 e. The van der Waals surface area contributed by atoms with Crippen LogP contribution < -0.4 is 5.43 Å². The van der Waals surface area contributed by atoms with E-state index in [1.54, 1.807) is 10.9 Å². The first kappa shape index (κ1) is 12.0.